The molecule has 4 rings (SSSR count). The second-order valence-electron chi connectivity index (χ2n) is 7.32. The number of thiophene rings is 1. The van der Waals surface area contributed by atoms with Crippen molar-refractivity contribution in [3.05, 3.63) is 65.0 Å². The largest absolute Gasteiger partial charge is 0.386 e. The van der Waals surface area contributed by atoms with Crippen LogP contribution in [0.15, 0.2) is 59.6 Å². The normalized spacial score (nSPS) is 15.6. The molecule has 3 aromatic rings. The van der Waals surface area contributed by atoms with Gasteiger partial charge in [-0.15, -0.1) is 11.3 Å². The maximum atomic E-state index is 11.9. The lowest BCUT2D eigenvalue weighted by Gasteiger charge is -2.17. The first-order valence-corrected chi connectivity index (χ1v) is 11.0. The van der Waals surface area contributed by atoms with E-state index < -0.39 is 6.10 Å². The van der Waals surface area contributed by atoms with Gasteiger partial charge in [0, 0.05) is 48.4 Å². The summed E-state index contributed by atoms with van der Waals surface area (Å²) in [5.74, 6) is 0.830. The number of nitrogens with zero attached hydrogens (tertiary/aromatic N) is 2. The molecule has 0 bridgehead atoms. The molecule has 0 saturated carbocycles. The zero-order valence-corrected chi connectivity index (χ0v) is 17.8. The Hall–Kier alpha value is -2.90. The number of anilines is 1. The average molecular weight is 423 g/mol. The predicted molar refractivity (Wildman–Crippen MR) is 123 cm³/mol. The fraction of sp³-hybridized carbons (Fsp3) is 0.304. The fourth-order valence-corrected chi connectivity index (χ4v) is 4.63. The van der Waals surface area contributed by atoms with E-state index in [9.17, 15) is 9.90 Å². The van der Waals surface area contributed by atoms with Crippen LogP contribution in [0, 0.1) is 0 Å². The fourth-order valence-electron chi connectivity index (χ4n) is 3.58. The smallest absolute Gasteiger partial charge is 0.227 e. The molecule has 1 aliphatic rings. The van der Waals surface area contributed by atoms with Crippen LogP contribution in [0.2, 0.25) is 0 Å². The lowest BCUT2D eigenvalue weighted by Crippen LogP contribution is -2.38. The van der Waals surface area contributed by atoms with Gasteiger partial charge >= 0.3 is 0 Å². The van der Waals surface area contributed by atoms with Gasteiger partial charge in [0.05, 0.1) is 0 Å². The molecule has 1 atom stereocenters. The summed E-state index contributed by atoms with van der Waals surface area (Å²) >= 11 is 1.61. The molecule has 1 unspecified atom stereocenters. The number of benzene rings is 2. The Morgan fingerprint density at radius 3 is 2.70 bits per heavy atom. The standard InChI is InChI=1S/C23H26N4O2S/c1-24-23(26-15-19(28)21-13-17-5-2-3-6-20(17)30-21)25-14-16-8-10-18(11-9-16)27-12-4-7-22(27)29/h2-3,5-6,8-11,13,19,28H,4,7,12,14-15H2,1H3,(H2,24,25,26). The van der Waals surface area contributed by atoms with Gasteiger partial charge < -0.3 is 20.6 Å². The molecule has 1 fully saturated rings. The van der Waals surface area contributed by atoms with Gasteiger partial charge in [-0.3, -0.25) is 9.79 Å². The molecular formula is C23H26N4O2S. The Bertz CT molecular complexity index is 1010. The number of rotatable bonds is 6. The number of carbonyl (C=O) groups is 1. The number of hydrogen-bond acceptors (Lipinski definition) is 4. The number of aliphatic hydroxyl groups excluding tert-OH is 1. The predicted octanol–water partition coefficient (Wildman–Crippen LogP) is 3.43. The third-order valence-corrected chi connectivity index (χ3v) is 6.46. The van der Waals surface area contributed by atoms with E-state index >= 15 is 0 Å². The van der Waals surface area contributed by atoms with Crippen molar-refractivity contribution in [2.45, 2.75) is 25.5 Å². The van der Waals surface area contributed by atoms with Gasteiger partial charge in [0.15, 0.2) is 5.96 Å². The van der Waals surface area contributed by atoms with Crippen molar-refractivity contribution in [1.82, 2.24) is 10.6 Å². The number of aliphatic hydroxyl groups is 1. The van der Waals surface area contributed by atoms with Gasteiger partial charge in [0.25, 0.3) is 0 Å². The van der Waals surface area contributed by atoms with E-state index in [0.29, 0.717) is 25.5 Å². The Balaban J connectivity index is 1.29. The minimum Gasteiger partial charge on any atom is -0.386 e. The van der Waals surface area contributed by atoms with E-state index in [-0.39, 0.29) is 5.91 Å². The summed E-state index contributed by atoms with van der Waals surface area (Å²) < 4.78 is 1.17. The zero-order chi connectivity index (χ0) is 20.9. The second-order valence-corrected chi connectivity index (χ2v) is 8.44. The molecule has 1 amide bonds. The summed E-state index contributed by atoms with van der Waals surface area (Å²) in [6.07, 6.45) is 0.967. The second kappa shape index (κ2) is 9.28. The third kappa shape index (κ3) is 4.63. The van der Waals surface area contributed by atoms with Crippen molar-refractivity contribution in [1.29, 1.82) is 0 Å². The molecule has 156 valence electrons. The molecule has 3 N–H and O–H groups in total. The van der Waals surface area contributed by atoms with Crippen LogP contribution in [-0.4, -0.2) is 37.1 Å². The van der Waals surface area contributed by atoms with Crippen molar-refractivity contribution in [2.24, 2.45) is 4.99 Å². The van der Waals surface area contributed by atoms with Crippen LogP contribution in [0.25, 0.3) is 10.1 Å². The number of aliphatic imine (C=N–C) groups is 1. The van der Waals surface area contributed by atoms with E-state index in [1.807, 2.05) is 47.4 Å². The van der Waals surface area contributed by atoms with E-state index in [4.69, 9.17) is 0 Å². The number of fused-ring (bicyclic) bond motifs is 1. The SMILES string of the molecule is CN=C(NCc1ccc(N2CCCC2=O)cc1)NCC(O)c1cc2ccccc2s1. The average Bonchev–Trinajstić information content (AvgIpc) is 3.40. The highest BCUT2D eigenvalue weighted by molar-refractivity contribution is 7.19. The lowest BCUT2D eigenvalue weighted by molar-refractivity contribution is -0.117. The van der Waals surface area contributed by atoms with Crippen LogP contribution in [0.1, 0.15) is 29.4 Å². The highest BCUT2D eigenvalue weighted by Gasteiger charge is 2.21. The molecule has 6 nitrogen and oxygen atoms in total. The first-order valence-electron chi connectivity index (χ1n) is 10.1. The molecule has 1 aliphatic heterocycles. The maximum Gasteiger partial charge on any atom is 0.227 e. The Labute approximate surface area is 180 Å². The highest BCUT2D eigenvalue weighted by Crippen LogP contribution is 2.29. The van der Waals surface area contributed by atoms with Crippen LogP contribution in [0.5, 0.6) is 0 Å². The van der Waals surface area contributed by atoms with Crippen LogP contribution < -0.4 is 15.5 Å². The maximum absolute atomic E-state index is 11.9. The number of guanidine groups is 1. The minimum atomic E-state index is -0.599. The van der Waals surface area contributed by atoms with Gasteiger partial charge in [-0.25, -0.2) is 0 Å². The van der Waals surface area contributed by atoms with Gasteiger partial charge in [-0.1, -0.05) is 30.3 Å². The summed E-state index contributed by atoms with van der Waals surface area (Å²) in [4.78, 5) is 18.9. The quantitative estimate of drug-likeness (QED) is 0.420. The first kappa shape index (κ1) is 20.4. The van der Waals surface area contributed by atoms with Gasteiger partial charge in [0.1, 0.15) is 6.10 Å². The van der Waals surface area contributed by atoms with E-state index in [1.54, 1.807) is 18.4 Å². The molecular weight excluding hydrogens is 396 g/mol. The van der Waals surface area contributed by atoms with Crippen molar-refractivity contribution >= 4 is 39.0 Å². The highest BCUT2D eigenvalue weighted by atomic mass is 32.1. The van der Waals surface area contributed by atoms with Crippen LogP contribution in [-0.2, 0) is 11.3 Å². The molecule has 0 spiro atoms. The van der Waals surface area contributed by atoms with Crippen molar-refractivity contribution < 1.29 is 9.90 Å². The molecule has 0 radical (unpaired) electrons. The summed E-state index contributed by atoms with van der Waals surface area (Å²) in [7, 11) is 1.71. The van der Waals surface area contributed by atoms with Crippen LogP contribution >= 0.6 is 11.3 Å². The summed E-state index contributed by atoms with van der Waals surface area (Å²) in [5.41, 5.74) is 2.05. The van der Waals surface area contributed by atoms with Crippen molar-refractivity contribution in [2.75, 3.05) is 25.0 Å². The van der Waals surface area contributed by atoms with E-state index in [2.05, 4.69) is 27.8 Å². The number of carbonyl (C=O) groups excluding carboxylic acids is 1. The first-order chi connectivity index (χ1) is 14.6. The van der Waals surface area contributed by atoms with Gasteiger partial charge in [-0.2, -0.15) is 0 Å². The van der Waals surface area contributed by atoms with E-state index in [1.165, 1.54) is 4.70 Å². The molecule has 2 heterocycles. The summed E-state index contributed by atoms with van der Waals surface area (Å²) in [6.45, 7) is 1.78. The molecule has 0 aliphatic carbocycles. The van der Waals surface area contributed by atoms with Gasteiger partial charge in [-0.05, 0) is 41.6 Å². The summed E-state index contributed by atoms with van der Waals surface area (Å²) in [6, 6.07) is 18.2. The molecule has 1 saturated heterocycles. The number of hydrogen-bond donors (Lipinski definition) is 3. The Kier molecular flexibility index (Phi) is 6.30. The van der Waals surface area contributed by atoms with Crippen LogP contribution in [0.3, 0.4) is 0 Å². The minimum absolute atomic E-state index is 0.197. The van der Waals surface area contributed by atoms with Crippen LogP contribution in [0.4, 0.5) is 5.69 Å². The zero-order valence-electron chi connectivity index (χ0n) is 17.0. The lowest BCUT2D eigenvalue weighted by atomic mass is 10.2. The molecule has 30 heavy (non-hydrogen) atoms. The number of nitrogens with one attached hydrogen (secondary N) is 2. The number of amides is 1. The van der Waals surface area contributed by atoms with Crippen molar-refractivity contribution in [3.8, 4) is 0 Å². The molecule has 2 aromatic carbocycles. The monoisotopic (exact) mass is 422 g/mol. The van der Waals surface area contributed by atoms with E-state index in [0.717, 1.165) is 34.5 Å². The van der Waals surface area contributed by atoms with Gasteiger partial charge in [0.2, 0.25) is 5.91 Å². The Morgan fingerprint density at radius 2 is 2.00 bits per heavy atom. The third-order valence-electron chi connectivity index (χ3n) is 5.24. The molecule has 1 aromatic heterocycles. The van der Waals surface area contributed by atoms with Crippen molar-refractivity contribution in [3.63, 3.8) is 0 Å². The molecule has 7 heteroatoms. The Morgan fingerprint density at radius 1 is 1.20 bits per heavy atom. The topological polar surface area (TPSA) is 77.0 Å². The summed E-state index contributed by atoms with van der Waals surface area (Å²) in [5, 5.41) is 18.1.